The van der Waals surface area contributed by atoms with Gasteiger partial charge in [-0.1, -0.05) is 12.1 Å². The summed E-state index contributed by atoms with van der Waals surface area (Å²) in [7, 11) is 1.36. The molecule has 2 atom stereocenters. The highest BCUT2D eigenvalue weighted by Crippen LogP contribution is 2.48. The van der Waals surface area contributed by atoms with Gasteiger partial charge in [-0.3, -0.25) is 4.79 Å². The van der Waals surface area contributed by atoms with Gasteiger partial charge in [0.25, 0.3) is 0 Å². The van der Waals surface area contributed by atoms with Crippen molar-refractivity contribution in [3.05, 3.63) is 35.1 Å². The average Bonchev–Trinajstić information content (AvgIpc) is 2.96. The maximum Gasteiger partial charge on any atom is 0.309 e. The molecule has 1 saturated carbocycles. The summed E-state index contributed by atoms with van der Waals surface area (Å²) in [5, 5.41) is 0. The summed E-state index contributed by atoms with van der Waals surface area (Å²) >= 11 is 0. The summed E-state index contributed by atoms with van der Waals surface area (Å²) in [6.07, 6.45) is 0.701. The Morgan fingerprint density at radius 2 is 2.27 bits per heavy atom. The third-order valence-electron chi connectivity index (χ3n) is 2.85. The molecule has 0 saturated heterocycles. The van der Waals surface area contributed by atoms with Crippen LogP contribution in [0.4, 0.5) is 4.39 Å². The van der Waals surface area contributed by atoms with Crippen molar-refractivity contribution < 1.29 is 13.9 Å². The van der Waals surface area contributed by atoms with Crippen molar-refractivity contribution in [2.75, 3.05) is 7.11 Å². The first kappa shape index (κ1) is 10.1. The molecule has 1 aromatic carbocycles. The fourth-order valence-corrected chi connectivity index (χ4v) is 1.88. The summed E-state index contributed by atoms with van der Waals surface area (Å²) in [4.78, 5) is 11.2. The second kappa shape index (κ2) is 3.65. The van der Waals surface area contributed by atoms with E-state index in [4.69, 9.17) is 0 Å². The van der Waals surface area contributed by atoms with E-state index in [0.717, 1.165) is 5.56 Å². The number of benzene rings is 1. The Morgan fingerprint density at radius 3 is 2.87 bits per heavy atom. The molecule has 2 unspecified atom stereocenters. The molecule has 3 heteroatoms. The van der Waals surface area contributed by atoms with E-state index in [-0.39, 0.29) is 23.6 Å². The predicted molar refractivity (Wildman–Crippen MR) is 54.0 cm³/mol. The zero-order valence-electron chi connectivity index (χ0n) is 8.79. The predicted octanol–water partition coefficient (Wildman–Crippen LogP) is 2.41. The van der Waals surface area contributed by atoms with E-state index in [2.05, 4.69) is 4.74 Å². The normalized spacial score (nSPS) is 23.7. The topological polar surface area (TPSA) is 26.3 Å². The maximum atomic E-state index is 13.5. The Hall–Kier alpha value is -1.38. The van der Waals surface area contributed by atoms with E-state index in [1.54, 1.807) is 6.07 Å². The Morgan fingerprint density at radius 1 is 1.53 bits per heavy atom. The van der Waals surface area contributed by atoms with Gasteiger partial charge in [-0.15, -0.1) is 0 Å². The van der Waals surface area contributed by atoms with E-state index in [9.17, 15) is 9.18 Å². The number of aryl methyl sites for hydroxylation is 1. The molecule has 1 aliphatic rings. The minimum absolute atomic E-state index is 0.0121. The largest absolute Gasteiger partial charge is 0.469 e. The quantitative estimate of drug-likeness (QED) is 0.697. The number of hydrogen-bond acceptors (Lipinski definition) is 2. The van der Waals surface area contributed by atoms with Crippen LogP contribution in [0.5, 0.6) is 0 Å². The molecule has 1 aliphatic carbocycles. The average molecular weight is 208 g/mol. The zero-order valence-corrected chi connectivity index (χ0v) is 8.79. The lowest BCUT2D eigenvalue weighted by atomic mass is 10.1. The SMILES string of the molecule is COC(=O)C1CC1c1ccc(C)cc1F. The molecule has 0 bridgehead atoms. The van der Waals surface area contributed by atoms with Gasteiger partial charge in [0.2, 0.25) is 0 Å². The minimum Gasteiger partial charge on any atom is -0.469 e. The van der Waals surface area contributed by atoms with E-state index in [1.807, 2.05) is 13.0 Å². The molecule has 0 aromatic heterocycles. The first-order valence-electron chi connectivity index (χ1n) is 4.97. The fraction of sp³-hybridized carbons (Fsp3) is 0.417. The molecule has 0 spiro atoms. The number of carbonyl (C=O) groups excluding carboxylic acids is 1. The van der Waals surface area contributed by atoms with Crippen LogP contribution in [-0.4, -0.2) is 13.1 Å². The monoisotopic (exact) mass is 208 g/mol. The first-order valence-corrected chi connectivity index (χ1v) is 4.97. The third kappa shape index (κ3) is 1.87. The van der Waals surface area contributed by atoms with Gasteiger partial charge in [0.1, 0.15) is 5.82 Å². The van der Waals surface area contributed by atoms with Gasteiger partial charge < -0.3 is 4.74 Å². The second-order valence-corrected chi connectivity index (χ2v) is 4.00. The summed E-state index contributed by atoms with van der Waals surface area (Å²) in [5.41, 5.74) is 1.53. The van der Waals surface area contributed by atoms with E-state index >= 15 is 0 Å². The summed E-state index contributed by atoms with van der Waals surface area (Å²) in [5.74, 6) is -0.586. The molecule has 2 rings (SSSR count). The number of hydrogen-bond donors (Lipinski definition) is 0. The number of methoxy groups -OCH3 is 1. The highest BCUT2D eigenvalue weighted by Gasteiger charge is 2.46. The van der Waals surface area contributed by atoms with Gasteiger partial charge in [-0.05, 0) is 30.5 Å². The molecule has 0 amide bonds. The molecule has 0 radical (unpaired) electrons. The Bertz CT molecular complexity index is 401. The molecule has 0 heterocycles. The Kier molecular flexibility index (Phi) is 2.47. The van der Waals surface area contributed by atoms with Crippen LogP contribution in [0.2, 0.25) is 0 Å². The van der Waals surface area contributed by atoms with Crippen molar-refractivity contribution in [1.82, 2.24) is 0 Å². The van der Waals surface area contributed by atoms with E-state index < -0.39 is 0 Å². The molecule has 80 valence electrons. The van der Waals surface area contributed by atoms with Gasteiger partial charge >= 0.3 is 5.97 Å². The second-order valence-electron chi connectivity index (χ2n) is 4.00. The maximum absolute atomic E-state index is 13.5. The molecule has 0 N–H and O–H groups in total. The molecule has 0 aliphatic heterocycles. The van der Waals surface area contributed by atoms with Crippen LogP contribution in [0.1, 0.15) is 23.5 Å². The number of rotatable bonds is 2. The van der Waals surface area contributed by atoms with Crippen molar-refractivity contribution >= 4 is 5.97 Å². The molecular formula is C12H13FO2. The van der Waals surface area contributed by atoms with E-state index in [0.29, 0.717) is 12.0 Å². The van der Waals surface area contributed by atoms with Crippen LogP contribution in [0.15, 0.2) is 18.2 Å². The number of esters is 1. The summed E-state index contributed by atoms with van der Waals surface area (Å²) < 4.78 is 18.2. The van der Waals surface area contributed by atoms with Crippen molar-refractivity contribution in [1.29, 1.82) is 0 Å². The highest BCUT2D eigenvalue weighted by atomic mass is 19.1. The smallest absolute Gasteiger partial charge is 0.309 e. The number of carbonyl (C=O) groups is 1. The molecule has 1 fully saturated rings. The molecule has 2 nitrogen and oxygen atoms in total. The van der Waals surface area contributed by atoms with Crippen molar-refractivity contribution in [3.8, 4) is 0 Å². The molecular weight excluding hydrogens is 195 g/mol. The lowest BCUT2D eigenvalue weighted by molar-refractivity contribution is -0.142. The Labute approximate surface area is 88.1 Å². The van der Waals surface area contributed by atoms with Crippen molar-refractivity contribution in [2.45, 2.75) is 19.3 Å². The van der Waals surface area contributed by atoms with Crippen molar-refractivity contribution in [2.24, 2.45) is 5.92 Å². The Balaban J connectivity index is 2.16. The first-order chi connectivity index (χ1) is 7.13. The third-order valence-corrected chi connectivity index (χ3v) is 2.85. The van der Waals surface area contributed by atoms with Crippen LogP contribution in [0.3, 0.4) is 0 Å². The van der Waals surface area contributed by atoms with E-state index in [1.165, 1.54) is 13.2 Å². The minimum atomic E-state index is -0.236. The molecule has 15 heavy (non-hydrogen) atoms. The number of halogens is 1. The van der Waals surface area contributed by atoms with Crippen molar-refractivity contribution in [3.63, 3.8) is 0 Å². The fourth-order valence-electron chi connectivity index (χ4n) is 1.88. The van der Waals surface area contributed by atoms with Gasteiger partial charge in [0, 0.05) is 5.92 Å². The van der Waals surface area contributed by atoms with Gasteiger partial charge in [0.15, 0.2) is 0 Å². The standard InChI is InChI=1S/C12H13FO2/c1-7-3-4-8(11(13)5-7)9-6-10(9)12(14)15-2/h3-5,9-10H,6H2,1-2H3. The van der Waals surface area contributed by atoms with Gasteiger partial charge in [0.05, 0.1) is 13.0 Å². The number of ether oxygens (including phenoxy) is 1. The van der Waals surface area contributed by atoms with Gasteiger partial charge in [-0.25, -0.2) is 4.39 Å². The van der Waals surface area contributed by atoms with Crippen LogP contribution in [-0.2, 0) is 9.53 Å². The van der Waals surface area contributed by atoms with Crippen LogP contribution in [0, 0.1) is 18.7 Å². The lowest BCUT2D eigenvalue weighted by Crippen LogP contribution is -2.04. The van der Waals surface area contributed by atoms with Gasteiger partial charge in [-0.2, -0.15) is 0 Å². The van der Waals surface area contributed by atoms with Crippen LogP contribution < -0.4 is 0 Å². The van der Waals surface area contributed by atoms with Crippen LogP contribution in [0.25, 0.3) is 0 Å². The zero-order chi connectivity index (χ0) is 11.0. The molecule has 1 aromatic rings. The summed E-state index contributed by atoms with van der Waals surface area (Å²) in [6.45, 7) is 1.84. The van der Waals surface area contributed by atoms with Crippen LogP contribution >= 0.6 is 0 Å². The summed E-state index contributed by atoms with van der Waals surface area (Å²) in [6, 6.07) is 5.13. The highest BCUT2D eigenvalue weighted by molar-refractivity contribution is 5.77. The lowest BCUT2D eigenvalue weighted by Gasteiger charge is -2.02.